The molecule has 0 aromatic rings. The Morgan fingerprint density at radius 2 is 1.91 bits per heavy atom. The lowest BCUT2D eigenvalue weighted by molar-refractivity contribution is -0.115. The van der Waals surface area contributed by atoms with Crippen LogP contribution in [-0.2, 0) is 4.79 Å². The maximum atomic E-state index is 11.7. The van der Waals surface area contributed by atoms with Gasteiger partial charge in [0.05, 0.1) is 0 Å². The number of carbonyl (C=O) groups excluding carboxylic acids is 1. The molecule has 122 valence electrons. The molecule has 3 fully saturated rings. The molecule has 2 N–H and O–H groups in total. The second-order valence-electron chi connectivity index (χ2n) is 9.17. The summed E-state index contributed by atoms with van der Waals surface area (Å²) in [5.74, 6) is 3.23. The first-order valence-corrected chi connectivity index (χ1v) is 9.45. The first-order valence-electron chi connectivity index (χ1n) is 9.45. The summed E-state index contributed by atoms with van der Waals surface area (Å²) in [6.45, 7) is 5.01. The molecule has 6 atom stereocenters. The van der Waals surface area contributed by atoms with Crippen molar-refractivity contribution < 1.29 is 4.79 Å². The third kappa shape index (κ3) is 1.95. The van der Waals surface area contributed by atoms with Gasteiger partial charge in [0.2, 0.25) is 5.91 Å². The van der Waals surface area contributed by atoms with Crippen LogP contribution in [0.1, 0.15) is 71.6 Å². The van der Waals surface area contributed by atoms with E-state index >= 15 is 0 Å². The molecule has 0 radical (unpaired) electrons. The number of rotatable bonds is 1. The smallest absolute Gasteiger partial charge is 0.244 e. The van der Waals surface area contributed by atoms with Crippen LogP contribution in [0.25, 0.3) is 0 Å². The molecule has 22 heavy (non-hydrogen) atoms. The van der Waals surface area contributed by atoms with Crippen LogP contribution in [0.3, 0.4) is 0 Å². The Morgan fingerprint density at radius 1 is 1.09 bits per heavy atom. The summed E-state index contributed by atoms with van der Waals surface area (Å²) in [7, 11) is 0. The molecular formula is C20H31NO. The summed E-state index contributed by atoms with van der Waals surface area (Å²) in [5.41, 5.74) is 7.38. The van der Waals surface area contributed by atoms with Gasteiger partial charge >= 0.3 is 0 Å². The monoisotopic (exact) mass is 301 g/mol. The molecule has 0 aromatic heterocycles. The molecule has 3 saturated carbocycles. The van der Waals surface area contributed by atoms with Crippen LogP contribution in [-0.4, -0.2) is 5.91 Å². The third-order valence-corrected chi connectivity index (χ3v) is 8.31. The Bertz CT molecular complexity index is 524. The summed E-state index contributed by atoms with van der Waals surface area (Å²) in [6, 6.07) is 0. The van der Waals surface area contributed by atoms with E-state index in [0.29, 0.717) is 5.41 Å². The molecule has 0 spiro atoms. The van der Waals surface area contributed by atoms with Crippen molar-refractivity contribution in [1.29, 1.82) is 0 Å². The van der Waals surface area contributed by atoms with Gasteiger partial charge in [0.1, 0.15) is 0 Å². The van der Waals surface area contributed by atoms with E-state index in [1.807, 2.05) is 0 Å². The number of hydrogen-bond acceptors (Lipinski definition) is 1. The second-order valence-corrected chi connectivity index (χ2v) is 9.17. The number of allylic oxidation sites excluding steroid dienone is 1. The minimum Gasteiger partial charge on any atom is -0.366 e. The number of carbonyl (C=O) groups is 1. The lowest BCUT2D eigenvalue weighted by atomic mass is 9.46. The Balaban J connectivity index is 1.69. The van der Waals surface area contributed by atoms with Crippen molar-refractivity contribution in [2.24, 2.45) is 40.2 Å². The predicted octanol–water partition coefficient (Wildman–Crippen LogP) is 4.44. The Kier molecular flexibility index (Phi) is 3.26. The van der Waals surface area contributed by atoms with Crippen molar-refractivity contribution in [3.05, 3.63) is 11.6 Å². The van der Waals surface area contributed by atoms with E-state index in [2.05, 4.69) is 19.9 Å². The average Bonchev–Trinajstić information content (AvgIpc) is 2.87. The highest BCUT2D eigenvalue weighted by atomic mass is 16.1. The number of nitrogens with two attached hydrogens (primary N) is 1. The molecule has 4 rings (SSSR count). The van der Waals surface area contributed by atoms with Crippen LogP contribution in [0.4, 0.5) is 0 Å². The Hall–Kier alpha value is -0.790. The molecule has 0 aromatic carbocycles. The third-order valence-electron chi connectivity index (χ3n) is 8.31. The zero-order valence-electron chi connectivity index (χ0n) is 14.2. The fraction of sp³-hybridized carbons (Fsp3) is 0.850. The molecule has 2 heteroatoms. The maximum Gasteiger partial charge on any atom is 0.244 e. The highest BCUT2D eigenvalue weighted by Crippen LogP contribution is 2.65. The average molecular weight is 301 g/mol. The number of amides is 1. The molecule has 1 amide bonds. The quantitative estimate of drug-likeness (QED) is 0.764. The summed E-state index contributed by atoms with van der Waals surface area (Å²) in [6.07, 6.45) is 14.3. The normalized spacial score (nSPS) is 50.5. The number of fused-ring (bicyclic) bond motifs is 5. The van der Waals surface area contributed by atoms with E-state index in [0.717, 1.165) is 35.7 Å². The van der Waals surface area contributed by atoms with Gasteiger partial charge in [-0.3, -0.25) is 4.79 Å². The summed E-state index contributed by atoms with van der Waals surface area (Å²) < 4.78 is 0. The Morgan fingerprint density at radius 3 is 2.68 bits per heavy atom. The molecule has 0 heterocycles. The van der Waals surface area contributed by atoms with Gasteiger partial charge < -0.3 is 5.73 Å². The summed E-state index contributed by atoms with van der Waals surface area (Å²) >= 11 is 0. The molecule has 4 aliphatic carbocycles. The van der Waals surface area contributed by atoms with E-state index in [4.69, 9.17) is 5.73 Å². The van der Waals surface area contributed by atoms with Gasteiger partial charge in [-0.2, -0.15) is 0 Å². The minimum atomic E-state index is -0.177. The fourth-order valence-corrected chi connectivity index (χ4v) is 7.11. The van der Waals surface area contributed by atoms with Crippen molar-refractivity contribution >= 4 is 5.91 Å². The largest absolute Gasteiger partial charge is 0.366 e. The van der Waals surface area contributed by atoms with Gasteiger partial charge in [0, 0.05) is 5.57 Å². The maximum absolute atomic E-state index is 11.7. The first kappa shape index (κ1) is 14.8. The van der Waals surface area contributed by atoms with Crippen molar-refractivity contribution in [1.82, 2.24) is 0 Å². The van der Waals surface area contributed by atoms with Crippen LogP contribution < -0.4 is 5.73 Å². The molecule has 2 nitrogen and oxygen atoms in total. The molecule has 1 unspecified atom stereocenters. The van der Waals surface area contributed by atoms with Crippen LogP contribution >= 0.6 is 0 Å². The summed E-state index contributed by atoms with van der Waals surface area (Å²) in [4.78, 5) is 11.7. The topological polar surface area (TPSA) is 43.1 Å². The highest BCUT2D eigenvalue weighted by Gasteiger charge is 2.56. The van der Waals surface area contributed by atoms with Gasteiger partial charge in [0.25, 0.3) is 0 Å². The van der Waals surface area contributed by atoms with E-state index in [1.165, 1.54) is 51.4 Å². The first-order chi connectivity index (χ1) is 10.4. The van der Waals surface area contributed by atoms with E-state index in [1.54, 1.807) is 0 Å². The van der Waals surface area contributed by atoms with Gasteiger partial charge in [-0.15, -0.1) is 0 Å². The molecule has 0 saturated heterocycles. The lowest BCUT2D eigenvalue weighted by Crippen LogP contribution is -2.51. The molecular weight excluding hydrogens is 270 g/mol. The zero-order valence-corrected chi connectivity index (χ0v) is 14.2. The molecule has 4 aliphatic rings. The molecule has 0 bridgehead atoms. The van der Waals surface area contributed by atoms with Crippen LogP contribution in [0.15, 0.2) is 11.6 Å². The fourth-order valence-electron chi connectivity index (χ4n) is 7.11. The standard InChI is InChI=1S/C20H31NO/c1-19-10-3-4-16(19)15-8-7-14-6-5-13(18(21)22)12-20(14,2)17(15)9-11-19/h12,14-17H,3-11H2,1-2H3,(H2,21,22)/t14?,15-,16-,17+,19-,20-/m0/s1. The summed E-state index contributed by atoms with van der Waals surface area (Å²) in [5, 5.41) is 0. The zero-order chi connectivity index (χ0) is 15.5. The van der Waals surface area contributed by atoms with Crippen molar-refractivity contribution in [2.75, 3.05) is 0 Å². The SMILES string of the molecule is C[C@@]12CCC[C@H]1[C@@H]1CCC3CCC(C(N)=O)=C[C@]3(C)[C@@H]1CC2. The highest BCUT2D eigenvalue weighted by molar-refractivity contribution is 5.92. The van der Waals surface area contributed by atoms with E-state index in [-0.39, 0.29) is 11.3 Å². The number of primary amides is 1. The van der Waals surface area contributed by atoms with Crippen LogP contribution in [0.5, 0.6) is 0 Å². The van der Waals surface area contributed by atoms with Crippen LogP contribution in [0.2, 0.25) is 0 Å². The Labute approximate surface area is 134 Å². The van der Waals surface area contributed by atoms with Crippen LogP contribution in [0, 0.1) is 34.5 Å². The predicted molar refractivity (Wildman–Crippen MR) is 89.0 cm³/mol. The van der Waals surface area contributed by atoms with Gasteiger partial charge in [0.15, 0.2) is 0 Å². The number of hydrogen-bond donors (Lipinski definition) is 1. The molecule has 0 aliphatic heterocycles. The van der Waals surface area contributed by atoms with E-state index < -0.39 is 0 Å². The van der Waals surface area contributed by atoms with E-state index in [9.17, 15) is 4.79 Å². The lowest BCUT2D eigenvalue weighted by Gasteiger charge is -2.58. The van der Waals surface area contributed by atoms with Gasteiger partial charge in [-0.25, -0.2) is 0 Å². The van der Waals surface area contributed by atoms with Crippen molar-refractivity contribution in [3.8, 4) is 0 Å². The second kappa shape index (κ2) is 4.85. The van der Waals surface area contributed by atoms with Gasteiger partial charge in [-0.05, 0) is 85.9 Å². The van der Waals surface area contributed by atoms with Gasteiger partial charge in [-0.1, -0.05) is 26.3 Å². The van der Waals surface area contributed by atoms with Crippen molar-refractivity contribution in [3.63, 3.8) is 0 Å². The van der Waals surface area contributed by atoms with Crippen molar-refractivity contribution in [2.45, 2.75) is 71.6 Å². The minimum absolute atomic E-state index is 0.177.